The third kappa shape index (κ3) is 11.0. The van der Waals surface area contributed by atoms with Gasteiger partial charge in [-0.15, -0.1) is 0 Å². The molecule has 6 nitrogen and oxygen atoms in total. The van der Waals surface area contributed by atoms with Crippen molar-refractivity contribution >= 4 is 0 Å². The van der Waals surface area contributed by atoms with Gasteiger partial charge in [0.2, 0.25) is 0 Å². The Labute approximate surface area is 196 Å². The number of aliphatic hydroxyl groups is 1. The van der Waals surface area contributed by atoms with E-state index in [0.29, 0.717) is 37.6 Å². The molecule has 0 aromatic heterocycles. The molecule has 4 N–H and O–H groups in total. The second kappa shape index (κ2) is 16.3. The molecular formula is C26H48N2O4. The van der Waals surface area contributed by atoms with Crippen molar-refractivity contribution in [1.29, 1.82) is 0 Å². The molecule has 0 saturated heterocycles. The average Bonchev–Trinajstić information content (AvgIpc) is 2.78. The van der Waals surface area contributed by atoms with Crippen LogP contribution in [0.15, 0.2) is 18.2 Å². The summed E-state index contributed by atoms with van der Waals surface area (Å²) in [7, 11) is 3.35. The van der Waals surface area contributed by atoms with E-state index in [9.17, 15) is 5.11 Å². The van der Waals surface area contributed by atoms with Crippen molar-refractivity contribution in [2.75, 3.05) is 34.0 Å². The Morgan fingerprint density at radius 2 is 1.81 bits per heavy atom. The zero-order valence-electron chi connectivity index (χ0n) is 21.2. The van der Waals surface area contributed by atoms with Gasteiger partial charge in [-0.3, -0.25) is 0 Å². The van der Waals surface area contributed by atoms with Gasteiger partial charge in [-0.1, -0.05) is 39.7 Å². The minimum atomic E-state index is -0.545. The van der Waals surface area contributed by atoms with E-state index in [0.717, 1.165) is 37.2 Å². The Hall–Kier alpha value is -1.34. The number of hydrogen-bond donors (Lipinski definition) is 3. The van der Waals surface area contributed by atoms with Crippen molar-refractivity contribution in [2.24, 2.45) is 17.6 Å². The number of nitrogens with one attached hydrogen (secondary N) is 1. The van der Waals surface area contributed by atoms with Crippen LogP contribution in [0.4, 0.5) is 0 Å². The van der Waals surface area contributed by atoms with Gasteiger partial charge < -0.3 is 30.4 Å². The lowest BCUT2D eigenvalue weighted by Gasteiger charge is -2.28. The molecule has 0 aliphatic carbocycles. The molecule has 4 atom stereocenters. The Kier molecular flexibility index (Phi) is 14.6. The highest BCUT2D eigenvalue weighted by Gasteiger charge is 2.23. The highest BCUT2D eigenvalue weighted by atomic mass is 16.5. The second-order valence-electron chi connectivity index (χ2n) is 9.31. The van der Waals surface area contributed by atoms with E-state index < -0.39 is 6.10 Å². The summed E-state index contributed by atoms with van der Waals surface area (Å²) >= 11 is 0. The minimum Gasteiger partial charge on any atom is -0.493 e. The number of methoxy groups -OCH3 is 2. The van der Waals surface area contributed by atoms with Crippen LogP contribution < -0.4 is 20.5 Å². The summed E-state index contributed by atoms with van der Waals surface area (Å²) in [6, 6.07) is 6.28. The minimum absolute atomic E-state index is 0.253. The third-order valence-electron chi connectivity index (χ3n) is 6.15. The smallest absolute Gasteiger partial charge is 0.161 e. The van der Waals surface area contributed by atoms with Crippen LogP contribution >= 0.6 is 0 Å². The topological polar surface area (TPSA) is 86.0 Å². The summed E-state index contributed by atoms with van der Waals surface area (Å²) in [6.07, 6.45) is 5.46. The van der Waals surface area contributed by atoms with Gasteiger partial charge >= 0.3 is 0 Å². The molecule has 186 valence electrons. The van der Waals surface area contributed by atoms with E-state index in [1.54, 1.807) is 14.2 Å². The molecule has 0 aliphatic heterocycles. The Balaban J connectivity index is 2.69. The lowest BCUT2D eigenvalue weighted by molar-refractivity contribution is 0.121. The number of hydrogen-bond acceptors (Lipinski definition) is 6. The Morgan fingerprint density at radius 1 is 1.06 bits per heavy atom. The molecule has 1 aromatic rings. The summed E-state index contributed by atoms with van der Waals surface area (Å²) < 4.78 is 16.5. The summed E-state index contributed by atoms with van der Waals surface area (Å²) in [5.41, 5.74) is 7.61. The molecule has 32 heavy (non-hydrogen) atoms. The van der Waals surface area contributed by atoms with Gasteiger partial charge in [-0.25, -0.2) is 0 Å². The van der Waals surface area contributed by atoms with E-state index in [-0.39, 0.29) is 6.04 Å². The van der Waals surface area contributed by atoms with Crippen molar-refractivity contribution in [3.63, 3.8) is 0 Å². The van der Waals surface area contributed by atoms with Crippen LogP contribution in [0.5, 0.6) is 11.5 Å². The summed E-state index contributed by atoms with van der Waals surface area (Å²) in [5, 5.41) is 14.0. The number of nitrogens with two attached hydrogens (primary N) is 1. The van der Waals surface area contributed by atoms with Crippen LogP contribution in [-0.2, 0) is 11.2 Å². The largest absolute Gasteiger partial charge is 0.493 e. The van der Waals surface area contributed by atoms with E-state index in [4.69, 9.17) is 19.9 Å². The van der Waals surface area contributed by atoms with Crippen molar-refractivity contribution < 1.29 is 19.3 Å². The monoisotopic (exact) mass is 452 g/mol. The molecule has 0 spiro atoms. The maximum atomic E-state index is 10.6. The van der Waals surface area contributed by atoms with Gasteiger partial charge in [-0.05, 0) is 55.7 Å². The molecule has 6 heteroatoms. The quantitative estimate of drug-likeness (QED) is 0.290. The molecule has 0 heterocycles. The lowest BCUT2D eigenvalue weighted by Crippen LogP contribution is -2.45. The highest BCUT2D eigenvalue weighted by molar-refractivity contribution is 5.43. The molecule has 0 fully saturated rings. The van der Waals surface area contributed by atoms with E-state index in [1.807, 2.05) is 6.07 Å². The van der Waals surface area contributed by atoms with Crippen LogP contribution in [0.3, 0.4) is 0 Å². The first-order chi connectivity index (χ1) is 15.3. The number of aliphatic hydroxyl groups excluding tert-OH is 1. The van der Waals surface area contributed by atoms with Crippen LogP contribution in [0.1, 0.15) is 65.4 Å². The average molecular weight is 453 g/mol. The normalized spacial score (nSPS) is 15.4. The van der Waals surface area contributed by atoms with Crippen LogP contribution in [-0.4, -0.2) is 57.3 Å². The molecule has 1 rings (SSSR count). The standard InChI is InChI=1S/C26H48N2O4/c1-7-8-10-20(4)28-18-24(29)23(27)17-22(19(2)3)15-21-11-12-25(31-6)26(16-21)32-14-9-13-30-5/h11-12,16,19-20,22-24,28-29H,7-10,13-15,17-18,27H2,1-6H3/t20-,22-,23-,24-/m0/s1. The van der Waals surface area contributed by atoms with Crippen molar-refractivity contribution in [2.45, 2.75) is 84.4 Å². The van der Waals surface area contributed by atoms with Gasteiger partial charge in [0, 0.05) is 38.8 Å². The first-order valence-corrected chi connectivity index (χ1v) is 12.3. The van der Waals surface area contributed by atoms with E-state index >= 15 is 0 Å². The fraction of sp³-hybridized carbons (Fsp3) is 0.769. The van der Waals surface area contributed by atoms with Gasteiger partial charge in [0.1, 0.15) is 0 Å². The molecular weight excluding hydrogens is 404 g/mol. The van der Waals surface area contributed by atoms with Crippen LogP contribution in [0.25, 0.3) is 0 Å². The maximum absolute atomic E-state index is 10.6. The number of rotatable bonds is 18. The van der Waals surface area contributed by atoms with E-state index in [1.165, 1.54) is 18.4 Å². The molecule has 0 radical (unpaired) electrons. The molecule has 0 amide bonds. The predicted molar refractivity (Wildman–Crippen MR) is 133 cm³/mol. The van der Waals surface area contributed by atoms with Gasteiger partial charge in [0.05, 0.1) is 19.8 Å². The lowest BCUT2D eigenvalue weighted by atomic mass is 9.83. The van der Waals surface area contributed by atoms with Crippen molar-refractivity contribution in [3.8, 4) is 11.5 Å². The Morgan fingerprint density at radius 3 is 2.44 bits per heavy atom. The van der Waals surface area contributed by atoms with Crippen molar-refractivity contribution in [3.05, 3.63) is 23.8 Å². The SMILES string of the molecule is CCCC[C@H](C)NC[C@H](O)[C@@H](N)C[C@H](Cc1ccc(OC)c(OCCCOC)c1)C(C)C. The second-order valence-corrected chi connectivity index (χ2v) is 9.31. The van der Waals surface area contributed by atoms with Gasteiger partial charge in [0.15, 0.2) is 11.5 Å². The van der Waals surface area contributed by atoms with Crippen LogP contribution in [0, 0.1) is 11.8 Å². The fourth-order valence-corrected chi connectivity index (χ4v) is 3.83. The summed E-state index contributed by atoms with van der Waals surface area (Å²) in [4.78, 5) is 0. The molecule has 1 aromatic carbocycles. The van der Waals surface area contributed by atoms with Crippen molar-refractivity contribution in [1.82, 2.24) is 5.32 Å². The summed E-state index contributed by atoms with van der Waals surface area (Å²) in [5.74, 6) is 2.32. The zero-order valence-corrected chi connectivity index (χ0v) is 21.2. The first kappa shape index (κ1) is 28.7. The highest BCUT2D eigenvalue weighted by Crippen LogP contribution is 2.31. The molecule has 0 aliphatic rings. The number of unbranched alkanes of at least 4 members (excludes halogenated alkanes) is 1. The fourth-order valence-electron chi connectivity index (χ4n) is 3.83. The maximum Gasteiger partial charge on any atom is 0.161 e. The molecule has 0 bridgehead atoms. The van der Waals surface area contributed by atoms with E-state index in [2.05, 4.69) is 45.1 Å². The first-order valence-electron chi connectivity index (χ1n) is 12.3. The molecule has 0 saturated carbocycles. The molecule has 0 unspecified atom stereocenters. The zero-order chi connectivity index (χ0) is 23.9. The third-order valence-corrected chi connectivity index (χ3v) is 6.15. The Bertz CT molecular complexity index is 611. The number of benzene rings is 1. The van der Waals surface area contributed by atoms with Crippen LogP contribution in [0.2, 0.25) is 0 Å². The number of ether oxygens (including phenoxy) is 3. The van der Waals surface area contributed by atoms with Gasteiger partial charge in [0.25, 0.3) is 0 Å². The summed E-state index contributed by atoms with van der Waals surface area (Å²) in [6.45, 7) is 10.6. The van der Waals surface area contributed by atoms with Gasteiger partial charge in [-0.2, -0.15) is 0 Å². The predicted octanol–water partition coefficient (Wildman–Crippen LogP) is 4.17.